The number of rotatable bonds is 8. The predicted molar refractivity (Wildman–Crippen MR) is 106 cm³/mol. The van der Waals surface area contributed by atoms with E-state index in [1.54, 1.807) is 13.0 Å². The number of carbonyl (C=O) groups is 2. The minimum atomic E-state index is -0.550. The Bertz CT molecular complexity index is 935. The topological polar surface area (TPSA) is 132 Å². The third kappa shape index (κ3) is 6.31. The third-order valence-electron chi connectivity index (χ3n) is 3.72. The summed E-state index contributed by atoms with van der Waals surface area (Å²) in [6, 6.07) is 10.3. The standard InChI is InChI=1S/C19H20N4O6/c1-12(7-18(24)20-14-5-4-6-15(10-14)23(26)27)21-22-19(25)13-8-16(28-2)11-17(9-13)29-3/h4-6,8-11H,7H2,1-3H3,(H,20,24)(H,22,25)/b21-12-. The van der Waals surface area contributed by atoms with Gasteiger partial charge in [0.2, 0.25) is 5.91 Å². The number of benzene rings is 2. The monoisotopic (exact) mass is 400 g/mol. The number of anilines is 1. The van der Waals surface area contributed by atoms with Crippen LogP contribution in [-0.2, 0) is 4.79 Å². The van der Waals surface area contributed by atoms with Crippen molar-refractivity contribution in [1.29, 1.82) is 0 Å². The molecule has 0 radical (unpaired) electrons. The van der Waals surface area contributed by atoms with Gasteiger partial charge in [0.1, 0.15) is 11.5 Å². The third-order valence-corrected chi connectivity index (χ3v) is 3.72. The van der Waals surface area contributed by atoms with Crippen LogP contribution < -0.4 is 20.2 Å². The van der Waals surface area contributed by atoms with Crippen LogP contribution in [0.3, 0.4) is 0 Å². The van der Waals surface area contributed by atoms with E-state index in [1.807, 2.05) is 0 Å². The van der Waals surface area contributed by atoms with Crippen molar-refractivity contribution in [2.24, 2.45) is 5.10 Å². The minimum absolute atomic E-state index is 0.107. The van der Waals surface area contributed by atoms with E-state index in [9.17, 15) is 19.7 Å². The number of methoxy groups -OCH3 is 2. The zero-order valence-corrected chi connectivity index (χ0v) is 16.1. The molecule has 2 amide bonds. The molecule has 0 spiro atoms. The van der Waals surface area contributed by atoms with E-state index in [-0.39, 0.29) is 17.7 Å². The average molecular weight is 400 g/mol. The average Bonchev–Trinajstić information content (AvgIpc) is 2.71. The lowest BCUT2D eigenvalue weighted by Crippen LogP contribution is -2.21. The molecule has 10 nitrogen and oxygen atoms in total. The second-order valence-electron chi connectivity index (χ2n) is 5.92. The van der Waals surface area contributed by atoms with E-state index in [4.69, 9.17) is 9.47 Å². The summed E-state index contributed by atoms with van der Waals surface area (Å²) in [7, 11) is 2.94. The fraction of sp³-hybridized carbons (Fsp3) is 0.211. The van der Waals surface area contributed by atoms with Crippen molar-refractivity contribution in [1.82, 2.24) is 5.43 Å². The highest BCUT2D eigenvalue weighted by Crippen LogP contribution is 2.22. The summed E-state index contributed by atoms with van der Waals surface area (Å²) in [4.78, 5) is 34.6. The molecule has 0 aliphatic rings. The molecule has 2 N–H and O–H groups in total. The second kappa shape index (κ2) is 9.83. The normalized spacial score (nSPS) is 10.8. The fourth-order valence-corrected chi connectivity index (χ4v) is 2.32. The SMILES string of the molecule is COc1cc(OC)cc(C(=O)N/N=C(/C)CC(=O)Nc2cccc([N+](=O)[O-])c2)c1. The van der Waals surface area contributed by atoms with Gasteiger partial charge in [0.05, 0.1) is 25.6 Å². The molecule has 0 saturated carbocycles. The zero-order valence-electron chi connectivity index (χ0n) is 16.1. The summed E-state index contributed by atoms with van der Waals surface area (Å²) >= 11 is 0. The van der Waals surface area contributed by atoms with Gasteiger partial charge in [-0.2, -0.15) is 5.10 Å². The van der Waals surface area contributed by atoms with Gasteiger partial charge < -0.3 is 14.8 Å². The van der Waals surface area contributed by atoms with Crippen LogP contribution in [-0.4, -0.2) is 36.7 Å². The van der Waals surface area contributed by atoms with E-state index in [0.717, 1.165) is 0 Å². The lowest BCUT2D eigenvalue weighted by molar-refractivity contribution is -0.384. The van der Waals surface area contributed by atoms with Crippen LogP contribution in [0.4, 0.5) is 11.4 Å². The largest absolute Gasteiger partial charge is 0.497 e. The molecule has 2 aromatic rings. The predicted octanol–water partition coefficient (Wildman–Crippen LogP) is 2.75. The van der Waals surface area contributed by atoms with Crippen molar-refractivity contribution in [2.75, 3.05) is 19.5 Å². The van der Waals surface area contributed by atoms with Crippen LogP contribution in [0.2, 0.25) is 0 Å². The van der Waals surface area contributed by atoms with E-state index >= 15 is 0 Å². The Morgan fingerprint density at radius 3 is 2.34 bits per heavy atom. The van der Waals surface area contributed by atoms with Crippen LogP contribution >= 0.6 is 0 Å². The number of amides is 2. The number of ether oxygens (including phenoxy) is 2. The molecule has 0 aliphatic carbocycles. The highest BCUT2D eigenvalue weighted by molar-refractivity contribution is 6.06. The van der Waals surface area contributed by atoms with E-state index < -0.39 is 16.7 Å². The Balaban J connectivity index is 1.97. The molecule has 0 heterocycles. The van der Waals surface area contributed by atoms with Gasteiger partial charge in [-0.1, -0.05) is 6.07 Å². The van der Waals surface area contributed by atoms with E-state index in [0.29, 0.717) is 22.9 Å². The van der Waals surface area contributed by atoms with Crippen molar-refractivity contribution < 1.29 is 24.0 Å². The highest BCUT2D eigenvalue weighted by Gasteiger charge is 2.11. The Morgan fingerprint density at radius 2 is 1.76 bits per heavy atom. The first-order valence-electron chi connectivity index (χ1n) is 8.43. The van der Waals surface area contributed by atoms with Crippen molar-refractivity contribution >= 4 is 28.9 Å². The molecule has 0 unspecified atom stereocenters. The van der Waals surface area contributed by atoms with Gasteiger partial charge in [0.15, 0.2) is 0 Å². The fourth-order valence-electron chi connectivity index (χ4n) is 2.32. The quantitative estimate of drug-likeness (QED) is 0.398. The van der Waals surface area contributed by atoms with Crippen molar-refractivity contribution in [2.45, 2.75) is 13.3 Å². The van der Waals surface area contributed by atoms with Gasteiger partial charge in [0, 0.05) is 35.2 Å². The van der Waals surface area contributed by atoms with E-state index in [1.165, 1.54) is 50.6 Å². The molecular weight excluding hydrogens is 380 g/mol. The lowest BCUT2D eigenvalue weighted by atomic mass is 10.2. The summed E-state index contributed by atoms with van der Waals surface area (Å²) in [5.41, 5.74) is 3.15. The lowest BCUT2D eigenvalue weighted by Gasteiger charge is -2.08. The molecule has 152 valence electrons. The van der Waals surface area contributed by atoms with Gasteiger partial charge in [-0.3, -0.25) is 19.7 Å². The second-order valence-corrected chi connectivity index (χ2v) is 5.92. The number of hydrazone groups is 1. The highest BCUT2D eigenvalue weighted by atomic mass is 16.6. The molecule has 0 saturated heterocycles. The Morgan fingerprint density at radius 1 is 1.10 bits per heavy atom. The molecule has 10 heteroatoms. The van der Waals surface area contributed by atoms with Crippen molar-refractivity contribution in [3.8, 4) is 11.5 Å². The number of non-ortho nitro benzene ring substituents is 1. The van der Waals surface area contributed by atoms with Gasteiger partial charge in [-0.25, -0.2) is 5.43 Å². The first kappa shape index (κ1) is 21.4. The molecule has 0 atom stereocenters. The number of carbonyl (C=O) groups excluding carboxylic acids is 2. The van der Waals surface area contributed by atoms with Gasteiger partial charge >= 0.3 is 0 Å². The van der Waals surface area contributed by atoms with Crippen molar-refractivity contribution in [3.05, 3.63) is 58.1 Å². The Hall–Kier alpha value is -3.95. The zero-order chi connectivity index (χ0) is 21.4. The van der Waals surface area contributed by atoms with Crippen LogP contribution in [0, 0.1) is 10.1 Å². The molecule has 0 fully saturated rings. The summed E-state index contributed by atoms with van der Waals surface area (Å²) in [6.07, 6.45) is -0.107. The molecule has 29 heavy (non-hydrogen) atoms. The summed E-state index contributed by atoms with van der Waals surface area (Å²) in [6.45, 7) is 1.57. The maximum absolute atomic E-state index is 12.3. The smallest absolute Gasteiger partial charge is 0.271 e. The van der Waals surface area contributed by atoms with Gasteiger partial charge in [-0.05, 0) is 25.1 Å². The molecular formula is C19H20N4O6. The summed E-state index contributed by atoms with van der Waals surface area (Å²) < 4.78 is 10.2. The molecule has 0 aromatic heterocycles. The van der Waals surface area contributed by atoms with Gasteiger partial charge in [0.25, 0.3) is 11.6 Å². The minimum Gasteiger partial charge on any atom is -0.497 e. The number of nitrogens with zero attached hydrogens (tertiary/aromatic N) is 2. The van der Waals surface area contributed by atoms with Crippen LogP contribution in [0.15, 0.2) is 47.6 Å². The number of nitro groups is 1. The maximum atomic E-state index is 12.3. The summed E-state index contributed by atoms with van der Waals surface area (Å²) in [5, 5.41) is 17.2. The molecule has 2 rings (SSSR count). The van der Waals surface area contributed by atoms with Crippen molar-refractivity contribution in [3.63, 3.8) is 0 Å². The van der Waals surface area contributed by atoms with E-state index in [2.05, 4.69) is 15.8 Å². The number of hydrogen-bond acceptors (Lipinski definition) is 7. The Labute approximate surface area is 166 Å². The van der Waals surface area contributed by atoms with Crippen LogP contribution in [0.25, 0.3) is 0 Å². The number of nitrogens with one attached hydrogen (secondary N) is 2. The number of nitro benzene ring substituents is 1. The number of hydrogen-bond donors (Lipinski definition) is 2. The molecule has 0 aliphatic heterocycles. The van der Waals surface area contributed by atoms with Gasteiger partial charge in [-0.15, -0.1) is 0 Å². The molecule has 0 bridgehead atoms. The summed E-state index contributed by atoms with van der Waals surface area (Å²) in [5.74, 6) is -0.0252. The first-order chi connectivity index (χ1) is 13.8. The van der Waals surface area contributed by atoms with Crippen LogP contribution in [0.1, 0.15) is 23.7 Å². The first-order valence-corrected chi connectivity index (χ1v) is 8.43. The maximum Gasteiger partial charge on any atom is 0.271 e. The Kier molecular flexibility index (Phi) is 7.24. The van der Waals surface area contributed by atoms with Crippen LogP contribution in [0.5, 0.6) is 11.5 Å². The molecule has 2 aromatic carbocycles.